The molecular formula is C21H38O2. The van der Waals surface area contributed by atoms with Gasteiger partial charge in [0.2, 0.25) is 0 Å². The lowest BCUT2D eigenvalue weighted by Crippen LogP contribution is -2.29. The Morgan fingerprint density at radius 2 is 1.52 bits per heavy atom. The lowest BCUT2D eigenvalue weighted by atomic mass is 9.69. The monoisotopic (exact) mass is 322 g/mol. The van der Waals surface area contributed by atoms with Crippen LogP contribution in [0.1, 0.15) is 91.4 Å². The van der Waals surface area contributed by atoms with Gasteiger partial charge in [-0.05, 0) is 62.2 Å². The van der Waals surface area contributed by atoms with Crippen LogP contribution in [0.3, 0.4) is 0 Å². The molecule has 0 radical (unpaired) electrons. The number of ether oxygens (including phenoxy) is 1. The molecule has 0 aromatic carbocycles. The molecule has 0 aromatic heterocycles. The van der Waals surface area contributed by atoms with Gasteiger partial charge in [-0.25, -0.2) is 0 Å². The molecule has 2 rings (SSSR count). The molecular weight excluding hydrogens is 284 g/mol. The summed E-state index contributed by atoms with van der Waals surface area (Å²) in [7, 11) is 0. The van der Waals surface area contributed by atoms with Crippen LogP contribution < -0.4 is 0 Å². The van der Waals surface area contributed by atoms with E-state index >= 15 is 0 Å². The molecule has 0 spiro atoms. The van der Waals surface area contributed by atoms with Gasteiger partial charge < -0.3 is 4.74 Å². The van der Waals surface area contributed by atoms with Gasteiger partial charge in [0.05, 0.1) is 12.5 Å². The van der Waals surface area contributed by atoms with Crippen molar-refractivity contribution in [3.8, 4) is 0 Å². The van der Waals surface area contributed by atoms with Crippen LogP contribution >= 0.6 is 0 Å². The molecule has 2 heteroatoms. The topological polar surface area (TPSA) is 26.3 Å². The highest BCUT2D eigenvalue weighted by molar-refractivity contribution is 5.72. The number of esters is 1. The van der Waals surface area contributed by atoms with Crippen LogP contribution in [0.15, 0.2) is 0 Å². The highest BCUT2D eigenvalue weighted by Crippen LogP contribution is 2.42. The van der Waals surface area contributed by atoms with Crippen molar-refractivity contribution >= 4 is 5.97 Å². The van der Waals surface area contributed by atoms with Gasteiger partial charge in [0, 0.05) is 0 Å². The minimum absolute atomic E-state index is 0.0791. The van der Waals surface area contributed by atoms with E-state index < -0.39 is 0 Å². The number of carbonyl (C=O) groups excluding carboxylic acids is 1. The van der Waals surface area contributed by atoms with Crippen molar-refractivity contribution < 1.29 is 9.53 Å². The summed E-state index contributed by atoms with van der Waals surface area (Å²) < 4.78 is 5.52. The van der Waals surface area contributed by atoms with Crippen LogP contribution in [0.4, 0.5) is 0 Å². The van der Waals surface area contributed by atoms with Gasteiger partial charge in [0.15, 0.2) is 0 Å². The lowest BCUT2D eigenvalue weighted by molar-refractivity contribution is -0.151. The highest BCUT2D eigenvalue weighted by Gasteiger charge is 2.33. The molecule has 0 unspecified atom stereocenters. The van der Waals surface area contributed by atoms with Crippen LogP contribution in [-0.2, 0) is 9.53 Å². The van der Waals surface area contributed by atoms with E-state index in [1.54, 1.807) is 0 Å². The van der Waals surface area contributed by atoms with Gasteiger partial charge in [-0.1, -0.05) is 52.9 Å². The molecule has 0 amide bonds. The maximum absolute atomic E-state index is 12.2. The quantitative estimate of drug-likeness (QED) is 0.538. The van der Waals surface area contributed by atoms with Gasteiger partial charge in [-0.15, -0.1) is 0 Å². The Kier molecular flexibility index (Phi) is 7.92. The third-order valence-electron chi connectivity index (χ3n) is 6.57. The molecule has 2 aliphatic rings. The molecule has 2 fully saturated rings. The van der Waals surface area contributed by atoms with Gasteiger partial charge in [0.25, 0.3) is 0 Å². The molecule has 134 valence electrons. The van der Waals surface area contributed by atoms with E-state index in [9.17, 15) is 4.79 Å². The van der Waals surface area contributed by atoms with Crippen molar-refractivity contribution in [1.82, 2.24) is 0 Å². The Morgan fingerprint density at radius 1 is 0.957 bits per heavy atom. The summed E-state index contributed by atoms with van der Waals surface area (Å²) in [6.07, 6.45) is 14.3. The zero-order chi connectivity index (χ0) is 16.7. The summed E-state index contributed by atoms with van der Waals surface area (Å²) in [5.41, 5.74) is 0. The van der Waals surface area contributed by atoms with Crippen LogP contribution in [0.5, 0.6) is 0 Å². The Bertz CT molecular complexity index is 336. The average molecular weight is 323 g/mol. The molecule has 0 heterocycles. The van der Waals surface area contributed by atoms with Crippen LogP contribution in [0, 0.1) is 29.6 Å². The largest absolute Gasteiger partial charge is 0.465 e. The van der Waals surface area contributed by atoms with E-state index in [4.69, 9.17) is 4.74 Å². The zero-order valence-corrected chi connectivity index (χ0v) is 15.7. The first-order valence-electron chi connectivity index (χ1n) is 10.3. The first-order chi connectivity index (χ1) is 11.1. The Hall–Kier alpha value is -0.530. The average Bonchev–Trinajstić information content (AvgIpc) is 2.60. The summed E-state index contributed by atoms with van der Waals surface area (Å²) in [6.45, 7) is 7.22. The smallest absolute Gasteiger partial charge is 0.308 e. The van der Waals surface area contributed by atoms with Gasteiger partial charge in [-0.2, -0.15) is 0 Å². The molecule has 0 N–H and O–H groups in total. The second kappa shape index (κ2) is 9.69. The number of rotatable bonds is 7. The third-order valence-corrected chi connectivity index (χ3v) is 6.57. The second-order valence-corrected chi connectivity index (χ2v) is 8.32. The molecule has 0 bridgehead atoms. The van der Waals surface area contributed by atoms with Gasteiger partial charge in [0.1, 0.15) is 0 Å². The SMILES string of the molecule is CCC[C@H]1CC[C@H]([C@H]2CC[C@H](C(=O)OC[C@H](C)CC)CC2)CC1. The fraction of sp³-hybridized carbons (Fsp3) is 0.952. The summed E-state index contributed by atoms with van der Waals surface area (Å²) >= 11 is 0. The van der Waals surface area contributed by atoms with Crippen molar-refractivity contribution in [2.45, 2.75) is 91.4 Å². The summed E-state index contributed by atoms with van der Waals surface area (Å²) in [6, 6.07) is 0. The van der Waals surface area contributed by atoms with Crippen LogP contribution in [-0.4, -0.2) is 12.6 Å². The van der Waals surface area contributed by atoms with E-state index in [1.807, 2.05) is 0 Å². The van der Waals surface area contributed by atoms with E-state index in [0.717, 1.165) is 37.0 Å². The molecule has 2 saturated carbocycles. The van der Waals surface area contributed by atoms with Crippen molar-refractivity contribution in [2.24, 2.45) is 29.6 Å². The standard InChI is InChI=1S/C21H38O2/c1-4-6-17-7-9-18(10-8-17)19-11-13-20(14-12-19)21(22)23-15-16(3)5-2/h16-20H,4-15H2,1-3H3/t16-,17-,18-,19-,20-/m1/s1. The fourth-order valence-electron chi connectivity index (χ4n) is 4.64. The molecule has 2 aliphatic carbocycles. The fourth-order valence-corrected chi connectivity index (χ4v) is 4.64. The maximum Gasteiger partial charge on any atom is 0.308 e. The normalized spacial score (nSPS) is 33.2. The summed E-state index contributed by atoms with van der Waals surface area (Å²) in [4.78, 5) is 12.2. The van der Waals surface area contributed by atoms with E-state index in [-0.39, 0.29) is 11.9 Å². The van der Waals surface area contributed by atoms with Crippen LogP contribution in [0.2, 0.25) is 0 Å². The first kappa shape index (κ1) is 18.8. The highest BCUT2D eigenvalue weighted by atomic mass is 16.5. The number of carbonyl (C=O) groups is 1. The second-order valence-electron chi connectivity index (χ2n) is 8.32. The maximum atomic E-state index is 12.2. The lowest BCUT2D eigenvalue weighted by Gasteiger charge is -2.37. The first-order valence-corrected chi connectivity index (χ1v) is 10.3. The molecule has 1 atom stereocenters. The van der Waals surface area contributed by atoms with Crippen molar-refractivity contribution in [1.29, 1.82) is 0 Å². The Morgan fingerprint density at radius 3 is 2.04 bits per heavy atom. The molecule has 0 saturated heterocycles. The minimum atomic E-state index is 0.0791. The summed E-state index contributed by atoms with van der Waals surface area (Å²) in [5, 5.41) is 0. The predicted octanol–water partition coefficient (Wildman–Crippen LogP) is 5.99. The molecule has 2 nitrogen and oxygen atoms in total. The van der Waals surface area contributed by atoms with E-state index in [0.29, 0.717) is 12.5 Å². The Labute approximate surface area is 143 Å². The van der Waals surface area contributed by atoms with Crippen LogP contribution in [0.25, 0.3) is 0 Å². The molecule has 23 heavy (non-hydrogen) atoms. The van der Waals surface area contributed by atoms with E-state index in [2.05, 4.69) is 20.8 Å². The minimum Gasteiger partial charge on any atom is -0.465 e. The summed E-state index contributed by atoms with van der Waals surface area (Å²) in [5.74, 6) is 3.59. The molecule has 0 aliphatic heterocycles. The Balaban J connectivity index is 1.67. The van der Waals surface area contributed by atoms with Gasteiger partial charge >= 0.3 is 5.97 Å². The van der Waals surface area contributed by atoms with Gasteiger partial charge in [-0.3, -0.25) is 4.79 Å². The van der Waals surface area contributed by atoms with Crippen molar-refractivity contribution in [3.63, 3.8) is 0 Å². The number of hydrogen-bond acceptors (Lipinski definition) is 2. The van der Waals surface area contributed by atoms with Crippen molar-refractivity contribution in [2.75, 3.05) is 6.61 Å². The van der Waals surface area contributed by atoms with Crippen molar-refractivity contribution in [3.05, 3.63) is 0 Å². The number of hydrogen-bond donors (Lipinski definition) is 0. The zero-order valence-electron chi connectivity index (χ0n) is 15.7. The third kappa shape index (κ3) is 5.80. The predicted molar refractivity (Wildman–Crippen MR) is 96.2 cm³/mol. The van der Waals surface area contributed by atoms with E-state index in [1.165, 1.54) is 51.4 Å². The molecule has 0 aromatic rings.